The van der Waals surface area contributed by atoms with Gasteiger partial charge in [-0.1, -0.05) is 13.0 Å². The zero-order valence-corrected chi connectivity index (χ0v) is 12.5. The summed E-state index contributed by atoms with van der Waals surface area (Å²) < 4.78 is 5.28. The Labute approximate surface area is 124 Å². The van der Waals surface area contributed by atoms with Gasteiger partial charge in [0.25, 0.3) is 0 Å². The molecule has 0 spiro atoms. The van der Waals surface area contributed by atoms with Crippen molar-refractivity contribution in [1.82, 2.24) is 9.80 Å². The zero-order chi connectivity index (χ0) is 15.4. The summed E-state index contributed by atoms with van der Waals surface area (Å²) in [5, 5.41) is 0. The minimum atomic E-state index is -0.0399. The molecule has 6 heteroatoms. The van der Waals surface area contributed by atoms with Crippen molar-refractivity contribution in [2.75, 3.05) is 32.5 Å². The monoisotopic (exact) mass is 291 g/mol. The molecular formula is C15H21N3O3. The minimum Gasteiger partial charge on any atom is -0.496 e. The van der Waals surface area contributed by atoms with Crippen molar-refractivity contribution in [3.8, 4) is 5.75 Å². The fourth-order valence-electron chi connectivity index (χ4n) is 2.42. The van der Waals surface area contributed by atoms with E-state index >= 15 is 0 Å². The molecule has 6 nitrogen and oxygen atoms in total. The lowest BCUT2D eigenvalue weighted by atomic mass is 10.1. The van der Waals surface area contributed by atoms with Crippen LogP contribution in [0.2, 0.25) is 0 Å². The Kier molecular flexibility index (Phi) is 4.67. The second-order valence-electron chi connectivity index (χ2n) is 5.14. The molecule has 0 aliphatic carbocycles. The first kappa shape index (κ1) is 15.2. The van der Waals surface area contributed by atoms with Gasteiger partial charge in [0.2, 0.25) is 11.8 Å². The molecular weight excluding hydrogens is 270 g/mol. The Morgan fingerprint density at radius 3 is 2.52 bits per heavy atom. The van der Waals surface area contributed by atoms with Crippen LogP contribution in [0.3, 0.4) is 0 Å². The van der Waals surface area contributed by atoms with Gasteiger partial charge in [-0.2, -0.15) is 0 Å². The van der Waals surface area contributed by atoms with Crippen LogP contribution in [0.4, 0.5) is 5.69 Å². The van der Waals surface area contributed by atoms with Crippen LogP contribution in [0.5, 0.6) is 5.75 Å². The van der Waals surface area contributed by atoms with Crippen LogP contribution in [0.25, 0.3) is 0 Å². The quantitative estimate of drug-likeness (QED) is 0.816. The summed E-state index contributed by atoms with van der Waals surface area (Å²) in [5.41, 5.74) is 7.16. The molecule has 0 aromatic heterocycles. The highest BCUT2D eigenvalue weighted by Crippen LogP contribution is 2.23. The summed E-state index contributed by atoms with van der Waals surface area (Å²) in [6, 6.07) is 5.30. The first-order valence-corrected chi connectivity index (χ1v) is 7.03. The van der Waals surface area contributed by atoms with Crippen LogP contribution >= 0.6 is 0 Å². The minimum absolute atomic E-state index is 0.00846. The molecule has 0 radical (unpaired) electrons. The van der Waals surface area contributed by atoms with Crippen LogP contribution in [-0.2, 0) is 16.1 Å². The van der Waals surface area contributed by atoms with Gasteiger partial charge in [-0.05, 0) is 12.5 Å². The molecule has 1 heterocycles. The number of methoxy groups -OCH3 is 1. The van der Waals surface area contributed by atoms with Gasteiger partial charge in [-0.15, -0.1) is 0 Å². The fraction of sp³-hybridized carbons (Fsp3) is 0.467. The van der Waals surface area contributed by atoms with Crippen LogP contribution in [-0.4, -0.2) is 48.4 Å². The second kappa shape index (κ2) is 6.47. The second-order valence-corrected chi connectivity index (χ2v) is 5.14. The van der Waals surface area contributed by atoms with Crippen LogP contribution in [0.15, 0.2) is 18.2 Å². The average molecular weight is 291 g/mol. The molecule has 1 aromatic rings. The lowest BCUT2D eigenvalue weighted by Crippen LogP contribution is -2.53. The van der Waals surface area contributed by atoms with Crippen molar-refractivity contribution in [3.05, 3.63) is 23.8 Å². The highest BCUT2D eigenvalue weighted by atomic mass is 16.5. The number of piperazine rings is 1. The summed E-state index contributed by atoms with van der Waals surface area (Å²) in [7, 11) is 1.56. The van der Waals surface area contributed by atoms with E-state index in [1.165, 1.54) is 0 Å². The molecule has 0 atom stereocenters. The number of hydrogen-bond donors (Lipinski definition) is 1. The first-order chi connectivity index (χ1) is 10.0. The maximum absolute atomic E-state index is 12.2. The van der Waals surface area contributed by atoms with E-state index in [0.717, 1.165) is 12.0 Å². The largest absolute Gasteiger partial charge is 0.496 e. The molecule has 2 N–H and O–H groups in total. The lowest BCUT2D eigenvalue weighted by molar-refractivity contribution is -0.150. The number of nitrogens with zero attached hydrogens (tertiary/aromatic N) is 2. The molecule has 1 saturated heterocycles. The van der Waals surface area contributed by atoms with Gasteiger partial charge in [0.05, 0.1) is 13.7 Å². The van der Waals surface area contributed by atoms with Crippen molar-refractivity contribution in [2.24, 2.45) is 0 Å². The summed E-state index contributed by atoms with van der Waals surface area (Å²) >= 11 is 0. The summed E-state index contributed by atoms with van der Waals surface area (Å²) in [5.74, 6) is 0.582. The van der Waals surface area contributed by atoms with Gasteiger partial charge in [0.15, 0.2) is 0 Å². The predicted octanol–water partition coefficient (Wildman–Crippen LogP) is 0.858. The van der Waals surface area contributed by atoms with Crippen molar-refractivity contribution >= 4 is 17.5 Å². The van der Waals surface area contributed by atoms with E-state index in [1.54, 1.807) is 29.0 Å². The van der Waals surface area contributed by atoms with E-state index in [0.29, 0.717) is 24.5 Å². The number of amides is 2. The fourth-order valence-corrected chi connectivity index (χ4v) is 2.42. The van der Waals surface area contributed by atoms with Crippen molar-refractivity contribution < 1.29 is 14.3 Å². The Morgan fingerprint density at radius 1 is 1.19 bits per heavy atom. The van der Waals surface area contributed by atoms with Gasteiger partial charge < -0.3 is 20.3 Å². The molecule has 0 saturated carbocycles. The smallest absolute Gasteiger partial charge is 0.242 e. The maximum Gasteiger partial charge on any atom is 0.242 e. The number of nitrogens with two attached hydrogens (primary N) is 1. The predicted molar refractivity (Wildman–Crippen MR) is 79.7 cm³/mol. The molecule has 1 aliphatic heterocycles. The molecule has 1 fully saturated rings. The number of rotatable bonds is 5. The third kappa shape index (κ3) is 3.45. The third-order valence-corrected chi connectivity index (χ3v) is 3.52. The van der Waals surface area contributed by atoms with Gasteiger partial charge in [-0.25, -0.2) is 0 Å². The van der Waals surface area contributed by atoms with E-state index < -0.39 is 0 Å². The Hall–Kier alpha value is -2.24. The third-order valence-electron chi connectivity index (χ3n) is 3.52. The Balaban J connectivity index is 2.10. The van der Waals surface area contributed by atoms with Gasteiger partial charge >= 0.3 is 0 Å². The SMILES string of the molecule is CCCN1CC(=O)N(Cc2ccc(N)cc2OC)CC1=O. The number of nitrogen functional groups attached to an aromatic ring is 1. The Morgan fingerprint density at radius 2 is 1.86 bits per heavy atom. The topological polar surface area (TPSA) is 75.9 Å². The van der Waals surface area contributed by atoms with Crippen molar-refractivity contribution in [2.45, 2.75) is 19.9 Å². The van der Waals surface area contributed by atoms with Gasteiger partial charge in [0, 0.05) is 30.4 Å². The van der Waals surface area contributed by atoms with Crippen LogP contribution in [0.1, 0.15) is 18.9 Å². The zero-order valence-electron chi connectivity index (χ0n) is 12.5. The Bertz CT molecular complexity index is 545. The number of benzene rings is 1. The van der Waals surface area contributed by atoms with Crippen LogP contribution < -0.4 is 10.5 Å². The van der Waals surface area contributed by atoms with Crippen LogP contribution in [0, 0.1) is 0 Å². The highest BCUT2D eigenvalue weighted by molar-refractivity contribution is 5.92. The number of carbonyl (C=O) groups is 2. The number of anilines is 1. The van der Waals surface area contributed by atoms with Crippen molar-refractivity contribution in [1.29, 1.82) is 0 Å². The summed E-state index contributed by atoms with van der Waals surface area (Å²) in [6.45, 7) is 3.25. The molecule has 0 unspecified atom stereocenters. The van der Waals surface area contributed by atoms with Gasteiger partial charge in [0.1, 0.15) is 12.3 Å². The molecule has 21 heavy (non-hydrogen) atoms. The molecule has 2 rings (SSSR count). The van der Waals surface area contributed by atoms with E-state index in [1.807, 2.05) is 13.0 Å². The molecule has 1 aromatic carbocycles. The van der Waals surface area contributed by atoms with E-state index in [2.05, 4.69) is 0 Å². The first-order valence-electron chi connectivity index (χ1n) is 7.03. The summed E-state index contributed by atoms with van der Waals surface area (Å²) in [4.78, 5) is 27.4. The standard InChI is InChI=1S/C15H21N3O3/c1-3-6-17-9-15(20)18(10-14(17)19)8-11-4-5-12(16)7-13(11)21-2/h4-5,7H,3,6,8-10,16H2,1-2H3. The number of ether oxygens (including phenoxy) is 1. The van der Waals surface area contributed by atoms with E-state index in [-0.39, 0.29) is 24.9 Å². The number of hydrogen-bond acceptors (Lipinski definition) is 4. The lowest BCUT2D eigenvalue weighted by Gasteiger charge is -2.34. The van der Waals surface area contributed by atoms with E-state index in [4.69, 9.17) is 10.5 Å². The maximum atomic E-state index is 12.2. The molecule has 2 amide bonds. The van der Waals surface area contributed by atoms with Gasteiger partial charge in [-0.3, -0.25) is 9.59 Å². The summed E-state index contributed by atoms with van der Waals surface area (Å²) in [6.07, 6.45) is 0.852. The van der Waals surface area contributed by atoms with E-state index in [9.17, 15) is 9.59 Å². The number of carbonyl (C=O) groups excluding carboxylic acids is 2. The highest BCUT2D eigenvalue weighted by Gasteiger charge is 2.29. The normalized spacial score (nSPS) is 15.5. The average Bonchev–Trinajstić information content (AvgIpc) is 2.46. The molecule has 1 aliphatic rings. The van der Waals surface area contributed by atoms with Crippen molar-refractivity contribution in [3.63, 3.8) is 0 Å². The molecule has 114 valence electrons. The molecule has 0 bridgehead atoms.